The lowest BCUT2D eigenvalue weighted by Crippen LogP contribution is -2.24. The number of anilines is 2. The van der Waals surface area contributed by atoms with Gasteiger partial charge in [0.1, 0.15) is 0 Å². The highest BCUT2D eigenvalue weighted by atomic mass is 35.5. The second-order valence-corrected chi connectivity index (χ2v) is 6.76. The van der Waals surface area contributed by atoms with Gasteiger partial charge in [-0.15, -0.1) is 11.8 Å². The highest BCUT2D eigenvalue weighted by molar-refractivity contribution is 8.00. The Balaban J connectivity index is 2.13. The fourth-order valence-corrected chi connectivity index (χ4v) is 3.12. The Morgan fingerprint density at radius 3 is 2.50 bits per heavy atom. The fraction of sp³-hybridized carbons (Fsp3) is 0.176. The fourth-order valence-electron chi connectivity index (χ4n) is 2.00. The molecule has 24 heavy (non-hydrogen) atoms. The van der Waals surface area contributed by atoms with Crippen LogP contribution in [-0.4, -0.2) is 22.2 Å². The SMILES string of the molecule is CCC(Sc1ccc(N)cc1)C(=O)Nc1cc(C(=O)O)ccc1Cl. The summed E-state index contributed by atoms with van der Waals surface area (Å²) in [5.74, 6) is -1.31. The number of aromatic carboxylic acids is 1. The normalized spacial score (nSPS) is 11.8. The van der Waals surface area contributed by atoms with E-state index in [0.29, 0.717) is 17.1 Å². The predicted molar refractivity (Wildman–Crippen MR) is 97.8 cm³/mol. The molecule has 0 saturated carbocycles. The van der Waals surface area contributed by atoms with E-state index < -0.39 is 5.97 Å². The van der Waals surface area contributed by atoms with Crippen LogP contribution in [0.1, 0.15) is 23.7 Å². The number of carbonyl (C=O) groups is 2. The van der Waals surface area contributed by atoms with Gasteiger partial charge in [0, 0.05) is 10.6 Å². The number of hydrogen-bond acceptors (Lipinski definition) is 4. The molecule has 0 radical (unpaired) electrons. The Bertz CT molecular complexity index is 750. The Morgan fingerprint density at radius 1 is 1.25 bits per heavy atom. The van der Waals surface area contributed by atoms with E-state index >= 15 is 0 Å². The molecule has 0 aliphatic carbocycles. The molecule has 2 rings (SSSR count). The number of benzene rings is 2. The van der Waals surface area contributed by atoms with Gasteiger partial charge < -0.3 is 16.2 Å². The summed E-state index contributed by atoms with van der Waals surface area (Å²) in [5, 5.41) is 11.7. The molecule has 0 aliphatic rings. The zero-order chi connectivity index (χ0) is 17.7. The number of nitrogen functional groups attached to an aromatic ring is 1. The van der Waals surface area contributed by atoms with Crippen LogP contribution in [0.2, 0.25) is 5.02 Å². The molecule has 0 spiro atoms. The van der Waals surface area contributed by atoms with Crippen LogP contribution in [0.4, 0.5) is 11.4 Å². The summed E-state index contributed by atoms with van der Waals surface area (Å²) in [6.07, 6.45) is 0.608. The van der Waals surface area contributed by atoms with Crippen molar-refractivity contribution in [3.8, 4) is 0 Å². The lowest BCUT2D eigenvalue weighted by atomic mass is 10.2. The van der Waals surface area contributed by atoms with Gasteiger partial charge in [-0.05, 0) is 48.9 Å². The van der Waals surface area contributed by atoms with E-state index in [9.17, 15) is 9.59 Å². The number of carboxylic acids is 1. The number of nitrogens with one attached hydrogen (secondary N) is 1. The van der Waals surface area contributed by atoms with Crippen molar-refractivity contribution in [2.75, 3.05) is 11.1 Å². The molecule has 2 aromatic carbocycles. The Labute approximate surface area is 149 Å². The monoisotopic (exact) mass is 364 g/mol. The molecule has 4 N–H and O–H groups in total. The van der Waals surface area contributed by atoms with Crippen molar-refractivity contribution in [2.45, 2.75) is 23.5 Å². The van der Waals surface area contributed by atoms with Crippen molar-refractivity contribution in [1.82, 2.24) is 0 Å². The largest absolute Gasteiger partial charge is 0.478 e. The first-order chi connectivity index (χ1) is 11.4. The van der Waals surface area contributed by atoms with Crippen LogP contribution >= 0.6 is 23.4 Å². The quantitative estimate of drug-likeness (QED) is 0.529. The van der Waals surface area contributed by atoms with Crippen molar-refractivity contribution in [1.29, 1.82) is 0 Å². The summed E-state index contributed by atoms with van der Waals surface area (Å²) >= 11 is 7.46. The molecule has 1 unspecified atom stereocenters. The Hall–Kier alpha value is -2.18. The Morgan fingerprint density at radius 2 is 1.92 bits per heavy atom. The van der Waals surface area contributed by atoms with Crippen molar-refractivity contribution >= 4 is 46.6 Å². The lowest BCUT2D eigenvalue weighted by Gasteiger charge is -2.16. The zero-order valence-electron chi connectivity index (χ0n) is 13.0. The third-order valence-corrected chi connectivity index (χ3v) is 5.00. The van der Waals surface area contributed by atoms with Crippen LogP contribution in [0, 0.1) is 0 Å². The summed E-state index contributed by atoms with van der Waals surface area (Å²) < 4.78 is 0. The van der Waals surface area contributed by atoms with Gasteiger partial charge in [0.25, 0.3) is 0 Å². The van der Waals surface area contributed by atoms with E-state index in [0.717, 1.165) is 4.90 Å². The van der Waals surface area contributed by atoms with Crippen LogP contribution < -0.4 is 11.1 Å². The lowest BCUT2D eigenvalue weighted by molar-refractivity contribution is -0.115. The minimum atomic E-state index is -1.08. The third kappa shape index (κ3) is 4.66. The number of carboxylic acid groups (broad SMARTS) is 1. The molecule has 0 bridgehead atoms. The van der Waals surface area contributed by atoms with Gasteiger partial charge in [0.15, 0.2) is 0 Å². The second kappa shape index (κ2) is 8.08. The van der Waals surface area contributed by atoms with E-state index in [1.54, 1.807) is 12.1 Å². The first-order valence-electron chi connectivity index (χ1n) is 7.26. The van der Waals surface area contributed by atoms with E-state index in [4.69, 9.17) is 22.4 Å². The van der Waals surface area contributed by atoms with Gasteiger partial charge in [-0.1, -0.05) is 18.5 Å². The van der Waals surface area contributed by atoms with E-state index in [-0.39, 0.29) is 22.4 Å². The molecule has 0 aliphatic heterocycles. The molecule has 126 valence electrons. The smallest absolute Gasteiger partial charge is 0.335 e. The highest BCUT2D eigenvalue weighted by Crippen LogP contribution is 2.29. The van der Waals surface area contributed by atoms with Gasteiger partial charge in [0.05, 0.1) is 21.5 Å². The first kappa shape index (κ1) is 18.2. The zero-order valence-corrected chi connectivity index (χ0v) is 14.5. The maximum atomic E-state index is 12.5. The van der Waals surface area contributed by atoms with Gasteiger partial charge >= 0.3 is 5.97 Å². The third-order valence-electron chi connectivity index (χ3n) is 3.29. The average molecular weight is 365 g/mol. The van der Waals surface area contributed by atoms with Gasteiger partial charge in [-0.25, -0.2) is 4.79 Å². The molecule has 1 atom stereocenters. The van der Waals surface area contributed by atoms with Crippen LogP contribution in [0.25, 0.3) is 0 Å². The van der Waals surface area contributed by atoms with Crippen molar-refractivity contribution < 1.29 is 14.7 Å². The van der Waals surface area contributed by atoms with Crippen molar-refractivity contribution in [3.63, 3.8) is 0 Å². The molecule has 5 nitrogen and oxygen atoms in total. The summed E-state index contributed by atoms with van der Waals surface area (Å²) in [6.45, 7) is 1.91. The van der Waals surface area contributed by atoms with Crippen LogP contribution in [-0.2, 0) is 4.79 Å². The Kier molecular flexibility index (Phi) is 6.11. The molecule has 1 amide bonds. The number of amides is 1. The average Bonchev–Trinajstić information content (AvgIpc) is 2.56. The molecule has 2 aromatic rings. The standard InChI is InChI=1S/C17H17ClN2O3S/c1-2-15(24-12-6-4-11(19)5-7-12)16(21)20-14-9-10(17(22)23)3-8-13(14)18/h3-9,15H,2,19H2,1H3,(H,20,21)(H,22,23). The predicted octanol–water partition coefficient (Wildman–Crippen LogP) is 4.13. The van der Waals surface area contributed by atoms with Crippen LogP contribution in [0.3, 0.4) is 0 Å². The van der Waals surface area contributed by atoms with E-state index in [1.165, 1.54) is 30.0 Å². The van der Waals surface area contributed by atoms with Crippen molar-refractivity contribution in [3.05, 3.63) is 53.1 Å². The summed E-state index contributed by atoms with van der Waals surface area (Å²) in [6, 6.07) is 11.5. The van der Waals surface area contributed by atoms with E-state index in [1.807, 2.05) is 19.1 Å². The topological polar surface area (TPSA) is 92.4 Å². The molecular weight excluding hydrogens is 348 g/mol. The minimum Gasteiger partial charge on any atom is -0.478 e. The summed E-state index contributed by atoms with van der Waals surface area (Å²) in [5.41, 5.74) is 6.67. The van der Waals surface area contributed by atoms with Crippen molar-refractivity contribution in [2.24, 2.45) is 0 Å². The number of rotatable bonds is 6. The number of carbonyl (C=O) groups excluding carboxylic acids is 1. The maximum absolute atomic E-state index is 12.5. The summed E-state index contributed by atoms with van der Waals surface area (Å²) in [4.78, 5) is 24.5. The number of thioether (sulfide) groups is 1. The molecule has 0 saturated heterocycles. The minimum absolute atomic E-state index is 0.0638. The first-order valence-corrected chi connectivity index (χ1v) is 8.52. The maximum Gasteiger partial charge on any atom is 0.335 e. The second-order valence-electron chi connectivity index (χ2n) is 5.07. The molecule has 0 aromatic heterocycles. The van der Waals surface area contributed by atoms with Gasteiger partial charge in [-0.2, -0.15) is 0 Å². The van der Waals surface area contributed by atoms with Crippen LogP contribution in [0.5, 0.6) is 0 Å². The van der Waals surface area contributed by atoms with Crippen LogP contribution in [0.15, 0.2) is 47.4 Å². The van der Waals surface area contributed by atoms with Gasteiger partial charge in [-0.3, -0.25) is 4.79 Å². The molecule has 7 heteroatoms. The highest BCUT2D eigenvalue weighted by Gasteiger charge is 2.19. The van der Waals surface area contributed by atoms with E-state index in [2.05, 4.69) is 5.32 Å². The molecular formula is C17H17ClN2O3S. The molecule has 0 fully saturated rings. The number of nitrogens with two attached hydrogens (primary N) is 1. The molecule has 0 heterocycles. The summed E-state index contributed by atoms with van der Waals surface area (Å²) in [7, 11) is 0. The number of hydrogen-bond donors (Lipinski definition) is 3. The van der Waals surface area contributed by atoms with Gasteiger partial charge in [0.2, 0.25) is 5.91 Å². The number of halogens is 1.